The second kappa shape index (κ2) is 8.41. The highest BCUT2D eigenvalue weighted by atomic mass is 16.5. The van der Waals surface area contributed by atoms with Gasteiger partial charge in [-0.2, -0.15) is 5.26 Å². The first kappa shape index (κ1) is 22.7. The monoisotopic (exact) mass is 482 g/mol. The molecule has 0 spiro atoms. The highest BCUT2D eigenvalue weighted by Crippen LogP contribution is 2.40. The number of oxazole rings is 1. The van der Waals surface area contributed by atoms with Gasteiger partial charge < -0.3 is 18.6 Å². The van der Waals surface area contributed by atoms with Crippen molar-refractivity contribution < 1.29 is 9.15 Å². The molecular weight excluding hydrogens is 452 g/mol. The maximum absolute atomic E-state index is 13.2. The number of hydrogen-bond acceptors (Lipinski definition) is 6. The number of rotatable bonds is 4. The van der Waals surface area contributed by atoms with Gasteiger partial charge >= 0.3 is 0 Å². The molecule has 1 aliphatic carbocycles. The first-order valence-corrected chi connectivity index (χ1v) is 12.7. The highest BCUT2D eigenvalue weighted by Gasteiger charge is 2.37. The van der Waals surface area contributed by atoms with Crippen LogP contribution in [0.4, 0.5) is 5.69 Å². The van der Waals surface area contributed by atoms with Crippen LogP contribution >= 0.6 is 0 Å². The van der Waals surface area contributed by atoms with Crippen LogP contribution in [0.5, 0.6) is 5.75 Å². The van der Waals surface area contributed by atoms with Crippen molar-refractivity contribution in [2.75, 3.05) is 18.0 Å². The maximum atomic E-state index is 13.2. The van der Waals surface area contributed by atoms with Crippen LogP contribution in [-0.4, -0.2) is 28.7 Å². The lowest BCUT2D eigenvalue weighted by molar-refractivity contribution is 0.120. The molecule has 4 aromatic rings. The van der Waals surface area contributed by atoms with Crippen molar-refractivity contribution in [3.63, 3.8) is 0 Å². The van der Waals surface area contributed by atoms with Gasteiger partial charge in [0.25, 0.3) is 5.56 Å². The number of nitrogens with zero attached hydrogens (tertiary/aromatic N) is 4. The first-order chi connectivity index (χ1) is 17.4. The van der Waals surface area contributed by atoms with E-state index in [4.69, 9.17) is 14.1 Å². The van der Waals surface area contributed by atoms with Crippen LogP contribution in [0.25, 0.3) is 22.0 Å². The van der Waals surface area contributed by atoms with E-state index in [-0.39, 0.29) is 22.6 Å². The Morgan fingerprint density at radius 1 is 1.17 bits per heavy atom. The second-order valence-electron chi connectivity index (χ2n) is 10.6. The summed E-state index contributed by atoms with van der Waals surface area (Å²) >= 11 is 0. The van der Waals surface area contributed by atoms with Crippen molar-refractivity contribution in [1.29, 1.82) is 5.26 Å². The molecule has 7 nitrogen and oxygen atoms in total. The van der Waals surface area contributed by atoms with Crippen LogP contribution in [0, 0.1) is 18.3 Å². The molecule has 1 saturated carbocycles. The molecule has 0 radical (unpaired) electrons. The Bertz CT molecular complexity index is 1580. The summed E-state index contributed by atoms with van der Waals surface area (Å²) in [7, 11) is 1.73. The molecule has 2 aliphatic rings. The van der Waals surface area contributed by atoms with Crippen LogP contribution in [-0.2, 0) is 12.5 Å². The number of ether oxygens (including phenoxy) is 1. The van der Waals surface area contributed by atoms with Crippen LogP contribution < -0.4 is 15.2 Å². The van der Waals surface area contributed by atoms with Crippen molar-refractivity contribution in [3.8, 4) is 11.8 Å². The molecule has 0 bridgehead atoms. The normalized spacial score (nSPS) is 17.8. The van der Waals surface area contributed by atoms with E-state index >= 15 is 0 Å². The number of nitriles is 1. The number of anilines is 1. The van der Waals surface area contributed by atoms with E-state index in [1.807, 2.05) is 30.3 Å². The van der Waals surface area contributed by atoms with Crippen molar-refractivity contribution in [3.05, 3.63) is 63.8 Å². The number of piperidine rings is 1. The van der Waals surface area contributed by atoms with Gasteiger partial charge in [0, 0.05) is 37.0 Å². The highest BCUT2D eigenvalue weighted by molar-refractivity contribution is 5.95. The van der Waals surface area contributed by atoms with Crippen LogP contribution in [0.1, 0.15) is 56.0 Å². The third kappa shape index (κ3) is 3.63. The summed E-state index contributed by atoms with van der Waals surface area (Å²) in [5.41, 5.74) is 4.07. The lowest BCUT2D eigenvalue weighted by atomic mass is 9.80. The summed E-state index contributed by atoms with van der Waals surface area (Å²) in [5.74, 6) is 1.53. The Morgan fingerprint density at radius 3 is 2.64 bits per heavy atom. The molecule has 0 unspecified atom stereocenters. The summed E-state index contributed by atoms with van der Waals surface area (Å²) in [6.07, 6.45) is 5.22. The van der Waals surface area contributed by atoms with Gasteiger partial charge in [-0.15, -0.1) is 0 Å². The Labute approximate surface area is 209 Å². The van der Waals surface area contributed by atoms with E-state index in [0.717, 1.165) is 70.6 Å². The molecule has 2 aromatic heterocycles. The Balaban J connectivity index is 1.34. The lowest BCUT2D eigenvalue weighted by Crippen LogP contribution is -2.42. The second-order valence-corrected chi connectivity index (χ2v) is 10.6. The van der Waals surface area contributed by atoms with Gasteiger partial charge in [0.2, 0.25) is 5.89 Å². The van der Waals surface area contributed by atoms with Crippen LogP contribution in [0.15, 0.2) is 45.6 Å². The fourth-order valence-corrected chi connectivity index (χ4v) is 5.42. The molecule has 184 valence electrons. The average molecular weight is 483 g/mol. The topological polar surface area (TPSA) is 84.3 Å². The van der Waals surface area contributed by atoms with Crippen molar-refractivity contribution in [2.45, 2.75) is 57.5 Å². The fourth-order valence-electron chi connectivity index (χ4n) is 5.42. The number of pyridine rings is 1. The Kier molecular flexibility index (Phi) is 5.29. The van der Waals surface area contributed by atoms with E-state index in [2.05, 4.69) is 30.9 Å². The van der Waals surface area contributed by atoms with Gasteiger partial charge in [0.05, 0.1) is 17.3 Å². The molecule has 0 atom stereocenters. The van der Waals surface area contributed by atoms with Crippen LogP contribution in [0.2, 0.25) is 0 Å². The minimum Gasteiger partial charge on any atom is -0.490 e. The summed E-state index contributed by atoms with van der Waals surface area (Å²) in [6.45, 7) is 5.65. The zero-order valence-corrected chi connectivity index (χ0v) is 21.0. The molecule has 1 saturated heterocycles. The maximum Gasteiger partial charge on any atom is 0.270 e. The van der Waals surface area contributed by atoms with Crippen LogP contribution in [0.3, 0.4) is 0 Å². The van der Waals surface area contributed by atoms with Gasteiger partial charge in [-0.1, -0.05) is 13.0 Å². The molecule has 2 aromatic carbocycles. The van der Waals surface area contributed by atoms with Crippen molar-refractivity contribution in [1.82, 2.24) is 9.55 Å². The van der Waals surface area contributed by atoms with Gasteiger partial charge in [-0.05, 0) is 68.9 Å². The van der Waals surface area contributed by atoms with E-state index in [9.17, 15) is 10.1 Å². The van der Waals surface area contributed by atoms with Crippen molar-refractivity contribution >= 4 is 27.7 Å². The van der Waals surface area contributed by atoms with E-state index in [1.54, 1.807) is 11.6 Å². The third-order valence-electron chi connectivity index (χ3n) is 8.05. The number of benzene rings is 2. The number of hydrogen-bond donors (Lipinski definition) is 0. The minimum absolute atomic E-state index is 0.193. The summed E-state index contributed by atoms with van der Waals surface area (Å²) < 4.78 is 13.8. The first-order valence-electron chi connectivity index (χ1n) is 12.7. The minimum atomic E-state index is -0.275. The zero-order chi connectivity index (χ0) is 25.0. The fraction of sp³-hybridized carbons (Fsp3) is 0.414. The largest absolute Gasteiger partial charge is 0.490 e. The molecule has 36 heavy (non-hydrogen) atoms. The summed E-state index contributed by atoms with van der Waals surface area (Å²) in [5, 5.41) is 10.9. The quantitative estimate of drug-likeness (QED) is 0.390. The Morgan fingerprint density at radius 2 is 1.94 bits per heavy atom. The molecule has 0 N–H and O–H groups in total. The average Bonchev–Trinajstić information content (AvgIpc) is 3.28. The zero-order valence-electron chi connectivity index (χ0n) is 21.0. The third-order valence-corrected chi connectivity index (χ3v) is 8.05. The Hall–Kier alpha value is -3.79. The van der Waals surface area contributed by atoms with Gasteiger partial charge in [0.1, 0.15) is 22.9 Å². The van der Waals surface area contributed by atoms with E-state index < -0.39 is 0 Å². The van der Waals surface area contributed by atoms with E-state index in [0.29, 0.717) is 13.1 Å². The molecule has 2 fully saturated rings. The van der Waals surface area contributed by atoms with Gasteiger partial charge in [-0.25, -0.2) is 4.98 Å². The molecule has 7 heteroatoms. The van der Waals surface area contributed by atoms with Gasteiger partial charge in [0.15, 0.2) is 5.58 Å². The SMILES string of the molecule is Cc1ccc2oc(C3(C)CCN(c4c(C#N)c(=O)n(C)c5cc(OC6CCC6)ccc45)CC3)nc2c1. The molecule has 3 heterocycles. The number of aromatic nitrogens is 2. The molecule has 1 aliphatic heterocycles. The van der Waals surface area contributed by atoms with E-state index in [1.165, 1.54) is 6.42 Å². The predicted octanol–water partition coefficient (Wildman–Crippen LogP) is 5.35. The summed E-state index contributed by atoms with van der Waals surface area (Å²) in [4.78, 5) is 20.2. The number of aryl methyl sites for hydroxylation is 2. The summed E-state index contributed by atoms with van der Waals surface area (Å²) in [6, 6.07) is 14.2. The smallest absolute Gasteiger partial charge is 0.270 e. The van der Waals surface area contributed by atoms with Gasteiger partial charge in [-0.3, -0.25) is 4.79 Å². The standard InChI is InChI=1S/C29H30N4O3/c1-18-7-10-25-23(15-18)31-28(36-25)29(2)11-13-33(14-12-29)26-21-9-8-20(35-19-5-4-6-19)16-24(21)32(3)27(34)22(26)17-30/h7-10,15-16,19H,4-6,11-14H2,1-3H3. The lowest BCUT2D eigenvalue weighted by Gasteiger charge is -2.39. The molecular formula is C29H30N4O3. The van der Waals surface area contributed by atoms with Crippen molar-refractivity contribution in [2.24, 2.45) is 7.05 Å². The molecule has 0 amide bonds. The molecule has 6 rings (SSSR count). The predicted molar refractivity (Wildman–Crippen MR) is 140 cm³/mol. The number of fused-ring (bicyclic) bond motifs is 2.